The molecule has 1 aromatic heterocycles. The molecule has 134 valence electrons. The van der Waals surface area contributed by atoms with Crippen LogP contribution in [0.3, 0.4) is 0 Å². The summed E-state index contributed by atoms with van der Waals surface area (Å²) < 4.78 is 5.38. The number of rotatable bonds is 6. The lowest BCUT2D eigenvalue weighted by molar-refractivity contribution is 0.0398. The van der Waals surface area contributed by atoms with Gasteiger partial charge >= 0.3 is 0 Å². The van der Waals surface area contributed by atoms with Crippen LogP contribution in [0.2, 0.25) is 0 Å². The van der Waals surface area contributed by atoms with Crippen molar-refractivity contribution in [3.05, 3.63) is 41.1 Å². The van der Waals surface area contributed by atoms with Gasteiger partial charge in [-0.25, -0.2) is 4.98 Å². The van der Waals surface area contributed by atoms with Crippen molar-refractivity contribution in [3.8, 4) is 0 Å². The molecule has 6 nitrogen and oxygen atoms in total. The molecule has 25 heavy (non-hydrogen) atoms. The molecule has 2 N–H and O–H groups in total. The summed E-state index contributed by atoms with van der Waals surface area (Å²) in [6.07, 6.45) is 0. The van der Waals surface area contributed by atoms with E-state index >= 15 is 0 Å². The molecule has 2 heterocycles. The van der Waals surface area contributed by atoms with Crippen molar-refractivity contribution in [1.29, 1.82) is 0 Å². The van der Waals surface area contributed by atoms with Gasteiger partial charge in [0.2, 0.25) is 5.95 Å². The zero-order valence-electron chi connectivity index (χ0n) is 15.3. The number of anilines is 3. The van der Waals surface area contributed by atoms with Crippen molar-refractivity contribution in [2.75, 3.05) is 50.0 Å². The molecule has 0 spiro atoms. The number of ether oxygens (including phenoxy) is 1. The highest BCUT2D eigenvalue weighted by Gasteiger charge is 2.10. The van der Waals surface area contributed by atoms with Gasteiger partial charge < -0.3 is 15.4 Å². The third-order valence-electron chi connectivity index (χ3n) is 4.32. The molecule has 0 amide bonds. The highest BCUT2D eigenvalue weighted by Crippen LogP contribution is 2.21. The monoisotopic (exact) mass is 341 g/mol. The lowest BCUT2D eigenvalue weighted by atomic mass is 10.1. The molecule has 1 aliphatic rings. The Balaban J connectivity index is 1.62. The molecular weight excluding hydrogens is 314 g/mol. The van der Waals surface area contributed by atoms with E-state index in [-0.39, 0.29) is 0 Å². The molecule has 1 aliphatic heterocycles. The van der Waals surface area contributed by atoms with Gasteiger partial charge in [-0.3, -0.25) is 4.90 Å². The maximum Gasteiger partial charge on any atom is 0.224 e. The molecule has 3 rings (SSSR count). The van der Waals surface area contributed by atoms with Crippen LogP contribution in [0, 0.1) is 20.8 Å². The van der Waals surface area contributed by atoms with E-state index in [1.54, 1.807) is 0 Å². The lowest BCUT2D eigenvalue weighted by Crippen LogP contribution is -2.39. The second-order valence-electron chi connectivity index (χ2n) is 6.54. The second-order valence-corrected chi connectivity index (χ2v) is 6.54. The standard InChI is InChI=1S/C19H27N5O/c1-14-4-5-15(2)17(12-14)22-18-13-16(3)21-19(23-18)20-6-7-24-8-10-25-11-9-24/h4-5,12-13H,6-11H2,1-3H3,(H2,20,21,22,23). The number of aromatic nitrogens is 2. The van der Waals surface area contributed by atoms with E-state index in [0.29, 0.717) is 5.95 Å². The fraction of sp³-hybridized carbons (Fsp3) is 0.474. The van der Waals surface area contributed by atoms with Crippen molar-refractivity contribution >= 4 is 17.5 Å². The summed E-state index contributed by atoms with van der Waals surface area (Å²) in [6.45, 7) is 11.6. The first-order chi connectivity index (χ1) is 12.1. The van der Waals surface area contributed by atoms with Crippen LogP contribution in [0.25, 0.3) is 0 Å². The fourth-order valence-corrected chi connectivity index (χ4v) is 2.87. The molecule has 0 atom stereocenters. The Morgan fingerprint density at radius 2 is 1.88 bits per heavy atom. The molecule has 2 aromatic rings. The normalized spacial score (nSPS) is 15.2. The van der Waals surface area contributed by atoms with E-state index in [2.05, 4.69) is 57.5 Å². The molecule has 0 radical (unpaired) electrons. The molecule has 0 aliphatic carbocycles. The van der Waals surface area contributed by atoms with Gasteiger partial charge in [0.05, 0.1) is 13.2 Å². The van der Waals surface area contributed by atoms with E-state index in [1.807, 2.05) is 13.0 Å². The molecule has 0 bridgehead atoms. The van der Waals surface area contributed by atoms with E-state index < -0.39 is 0 Å². The maximum atomic E-state index is 5.38. The number of nitrogens with one attached hydrogen (secondary N) is 2. The highest BCUT2D eigenvalue weighted by atomic mass is 16.5. The highest BCUT2D eigenvalue weighted by molar-refractivity contribution is 5.62. The van der Waals surface area contributed by atoms with E-state index in [9.17, 15) is 0 Å². The average molecular weight is 341 g/mol. The van der Waals surface area contributed by atoms with Gasteiger partial charge in [-0.1, -0.05) is 12.1 Å². The van der Waals surface area contributed by atoms with E-state index in [0.717, 1.165) is 56.6 Å². The first kappa shape index (κ1) is 17.6. The Morgan fingerprint density at radius 3 is 2.68 bits per heavy atom. The van der Waals surface area contributed by atoms with Crippen LogP contribution in [0.4, 0.5) is 17.5 Å². The minimum atomic E-state index is 0.668. The van der Waals surface area contributed by atoms with Crippen molar-refractivity contribution in [2.24, 2.45) is 0 Å². The van der Waals surface area contributed by atoms with E-state index in [4.69, 9.17) is 4.74 Å². The molecule has 0 unspecified atom stereocenters. The summed E-state index contributed by atoms with van der Waals surface area (Å²) in [5, 5.41) is 6.76. The van der Waals surface area contributed by atoms with Crippen molar-refractivity contribution in [2.45, 2.75) is 20.8 Å². The Morgan fingerprint density at radius 1 is 1.08 bits per heavy atom. The van der Waals surface area contributed by atoms with Crippen LogP contribution < -0.4 is 10.6 Å². The maximum absolute atomic E-state index is 5.38. The van der Waals surface area contributed by atoms with Gasteiger partial charge in [0.15, 0.2) is 0 Å². The van der Waals surface area contributed by atoms with Crippen LogP contribution in [-0.2, 0) is 4.74 Å². The fourth-order valence-electron chi connectivity index (χ4n) is 2.87. The molecule has 0 saturated carbocycles. The topological polar surface area (TPSA) is 62.3 Å². The van der Waals surface area contributed by atoms with Crippen LogP contribution in [0.1, 0.15) is 16.8 Å². The summed E-state index contributed by atoms with van der Waals surface area (Å²) in [6, 6.07) is 8.34. The summed E-state index contributed by atoms with van der Waals surface area (Å²) in [7, 11) is 0. The molecule has 1 saturated heterocycles. The Kier molecular flexibility index (Phi) is 5.83. The Hall–Kier alpha value is -2.18. The van der Waals surface area contributed by atoms with Gasteiger partial charge in [-0.2, -0.15) is 4.98 Å². The number of nitrogens with zero attached hydrogens (tertiary/aromatic N) is 3. The summed E-state index contributed by atoms with van der Waals surface area (Å²) in [4.78, 5) is 11.5. The Labute approximate surface area is 149 Å². The van der Waals surface area contributed by atoms with E-state index in [1.165, 1.54) is 11.1 Å². The summed E-state index contributed by atoms with van der Waals surface area (Å²) >= 11 is 0. The van der Waals surface area contributed by atoms with Gasteiger partial charge in [-0.15, -0.1) is 0 Å². The zero-order chi connectivity index (χ0) is 17.6. The predicted molar refractivity (Wildman–Crippen MR) is 102 cm³/mol. The van der Waals surface area contributed by atoms with Crippen molar-refractivity contribution in [1.82, 2.24) is 14.9 Å². The van der Waals surface area contributed by atoms with Crippen LogP contribution in [-0.4, -0.2) is 54.3 Å². The van der Waals surface area contributed by atoms with Crippen LogP contribution in [0.5, 0.6) is 0 Å². The number of morpholine rings is 1. The van der Waals surface area contributed by atoms with Gasteiger partial charge in [0, 0.05) is 43.6 Å². The first-order valence-corrected chi connectivity index (χ1v) is 8.84. The molecular formula is C19H27N5O. The molecule has 1 fully saturated rings. The largest absolute Gasteiger partial charge is 0.379 e. The number of hydrogen-bond donors (Lipinski definition) is 2. The second kappa shape index (κ2) is 8.27. The Bertz CT molecular complexity index is 713. The smallest absolute Gasteiger partial charge is 0.224 e. The van der Waals surface area contributed by atoms with Gasteiger partial charge in [0.1, 0.15) is 5.82 Å². The summed E-state index contributed by atoms with van der Waals surface area (Å²) in [5.41, 5.74) is 4.44. The first-order valence-electron chi connectivity index (χ1n) is 8.84. The molecule has 1 aromatic carbocycles. The third-order valence-corrected chi connectivity index (χ3v) is 4.32. The minimum Gasteiger partial charge on any atom is -0.379 e. The van der Waals surface area contributed by atoms with Crippen molar-refractivity contribution in [3.63, 3.8) is 0 Å². The van der Waals surface area contributed by atoms with Crippen molar-refractivity contribution < 1.29 is 4.74 Å². The number of aryl methyl sites for hydroxylation is 3. The minimum absolute atomic E-state index is 0.668. The lowest BCUT2D eigenvalue weighted by Gasteiger charge is -2.26. The van der Waals surface area contributed by atoms with Crippen LogP contribution >= 0.6 is 0 Å². The van der Waals surface area contributed by atoms with Gasteiger partial charge in [-0.05, 0) is 38.0 Å². The average Bonchev–Trinajstić information content (AvgIpc) is 2.59. The number of hydrogen-bond acceptors (Lipinski definition) is 6. The zero-order valence-corrected chi connectivity index (χ0v) is 15.3. The molecule has 6 heteroatoms. The predicted octanol–water partition coefficient (Wildman–Crippen LogP) is 2.89. The summed E-state index contributed by atoms with van der Waals surface area (Å²) in [5.74, 6) is 1.48. The SMILES string of the molecule is Cc1ccc(C)c(Nc2cc(C)nc(NCCN3CCOCC3)n2)c1. The van der Waals surface area contributed by atoms with Crippen LogP contribution in [0.15, 0.2) is 24.3 Å². The van der Waals surface area contributed by atoms with Gasteiger partial charge in [0.25, 0.3) is 0 Å². The number of benzene rings is 1. The quantitative estimate of drug-likeness (QED) is 0.842. The third kappa shape index (κ3) is 5.14.